The van der Waals surface area contributed by atoms with Crippen LogP contribution in [-0.2, 0) is 12.8 Å². The lowest BCUT2D eigenvalue weighted by molar-refractivity contribution is 0.103. The van der Waals surface area contributed by atoms with Crippen LogP contribution >= 0.6 is 11.3 Å². The summed E-state index contributed by atoms with van der Waals surface area (Å²) in [5, 5.41) is 12.7. The van der Waals surface area contributed by atoms with Gasteiger partial charge in [0.1, 0.15) is 0 Å². The lowest BCUT2D eigenvalue weighted by Gasteiger charge is -2.12. The average molecular weight is 315 g/mol. The van der Waals surface area contributed by atoms with Crippen LogP contribution in [0.2, 0.25) is 0 Å². The minimum absolute atomic E-state index is 0.0776. The first-order valence-electron chi connectivity index (χ1n) is 7.85. The molecule has 2 N–H and O–H groups in total. The van der Waals surface area contributed by atoms with E-state index in [1.807, 2.05) is 30.3 Å². The van der Waals surface area contributed by atoms with E-state index >= 15 is 0 Å². The number of aliphatic hydroxyl groups excluding tert-OH is 1. The molecule has 4 heteroatoms. The van der Waals surface area contributed by atoms with Gasteiger partial charge in [-0.25, -0.2) is 0 Å². The highest BCUT2D eigenvalue weighted by molar-refractivity contribution is 7.14. The van der Waals surface area contributed by atoms with Crippen LogP contribution in [0.3, 0.4) is 0 Å². The van der Waals surface area contributed by atoms with Crippen LogP contribution in [0.15, 0.2) is 30.3 Å². The van der Waals surface area contributed by atoms with Crippen LogP contribution in [-0.4, -0.2) is 11.0 Å². The van der Waals surface area contributed by atoms with E-state index in [1.165, 1.54) is 29.7 Å². The SMILES string of the molecule is CC(O)c1ccccc1NC(=O)c1cc2c(s1)CCCCC2. The molecule has 0 fully saturated rings. The second-order valence-electron chi connectivity index (χ2n) is 5.84. The number of hydrogen-bond donors (Lipinski definition) is 2. The number of hydrogen-bond acceptors (Lipinski definition) is 3. The van der Waals surface area contributed by atoms with Crippen molar-refractivity contribution in [3.05, 3.63) is 51.2 Å². The molecule has 0 radical (unpaired) electrons. The third-order valence-corrected chi connectivity index (χ3v) is 5.37. The number of aryl methyl sites for hydroxylation is 2. The Bertz CT molecular complexity index is 652. The standard InChI is InChI=1S/C18H21NO2S/c1-12(20)14-8-5-6-9-15(14)19-18(21)17-11-13-7-3-2-4-10-16(13)22-17/h5-6,8-9,11-12,20H,2-4,7,10H2,1H3,(H,19,21). The molecule has 1 atom stereocenters. The number of para-hydroxylation sites is 1. The predicted octanol–water partition coefficient (Wildman–Crippen LogP) is 4.32. The van der Waals surface area contributed by atoms with Crippen molar-refractivity contribution in [3.8, 4) is 0 Å². The molecule has 1 aliphatic carbocycles. The van der Waals surface area contributed by atoms with E-state index in [9.17, 15) is 9.90 Å². The molecule has 0 aliphatic heterocycles. The summed E-state index contributed by atoms with van der Waals surface area (Å²) in [6.07, 6.45) is 5.30. The monoisotopic (exact) mass is 315 g/mol. The number of fused-ring (bicyclic) bond motifs is 1. The number of aliphatic hydroxyl groups is 1. The number of carbonyl (C=O) groups is 1. The van der Waals surface area contributed by atoms with E-state index in [0.717, 1.165) is 23.3 Å². The first-order chi connectivity index (χ1) is 10.6. The summed E-state index contributed by atoms with van der Waals surface area (Å²) in [6.45, 7) is 1.71. The molecule has 1 aliphatic rings. The van der Waals surface area contributed by atoms with Crippen molar-refractivity contribution in [2.24, 2.45) is 0 Å². The Morgan fingerprint density at radius 2 is 2.00 bits per heavy atom. The minimum atomic E-state index is -0.600. The van der Waals surface area contributed by atoms with Crippen LogP contribution in [0.25, 0.3) is 0 Å². The normalized spacial score (nSPS) is 15.7. The first-order valence-corrected chi connectivity index (χ1v) is 8.66. The Hall–Kier alpha value is -1.65. The molecule has 3 rings (SSSR count). The molecule has 0 bridgehead atoms. The van der Waals surface area contributed by atoms with Gasteiger partial charge in [0, 0.05) is 16.1 Å². The van der Waals surface area contributed by atoms with Gasteiger partial charge in [-0.15, -0.1) is 11.3 Å². The number of benzene rings is 1. The first kappa shape index (κ1) is 15.3. The van der Waals surface area contributed by atoms with E-state index in [0.29, 0.717) is 5.69 Å². The third-order valence-electron chi connectivity index (χ3n) is 4.13. The highest BCUT2D eigenvalue weighted by atomic mass is 32.1. The summed E-state index contributed by atoms with van der Waals surface area (Å²) in [7, 11) is 0. The molecule has 1 heterocycles. The largest absolute Gasteiger partial charge is 0.389 e. The Balaban J connectivity index is 1.81. The Morgan fingerprint density at radius 1 is 1.23 bits per heavy atom. The topological polar surface area (TPSA) is 49.3 Å². The summed E-state index contributed by atoms with van der Waals surface area (Å²) in [6, 6.07) is 9.45. The van der Waals surface area contributed by atoms with Crippen LogP contribution < -0.4 is 5.32 Å². The zero-order valence-electron chi connectivity index (χ0n) is 12.8. The molecule has 1 unspecified atom stereocenters. The second kappa shape index (κ2) is 6.63. The summed E-state index contributed by atoms with van der Waals surface area (Å²) in [5.74, 6) is -0.0776. The number of thiophene rings is 1. The molecule has 1 amide bonds. The summed E-state index contributed by atoms with van der Waals surface area (Å²) in [5.41, 5.74) is 2.77. The summed E-state index contributed by atoms with van der Waals surface area (Å²) < 4.78 is 0. The van der Waals surface area contributed by atoms with Gasteiger partial charge >= 0.3 is 0 Å². The quantitative estimate of drug-likeness (QED) is 0.829. The van der Waals surface area contributed by atoms with Crippen molar-refractivity contribution in [2.75, 3.05) is 5.32 Å². The van der Waals surface area contributed by atoms with E-state index in [4.69, 9.17) is 0 Å². The maximum Gasteiger partial charge on any atom is 0.265 e. The van der Waals surface area contributed by atoms with Gasteiger partial charge in [0.2, 0.25) is 0 Å². The minimum Gasteiger partial charge on any atom is -0.389 e. The average Bonchev–Trinajstić information content (AvgIpc) is 2.79. The zero-order chi connectivity index (χ0) is 15.5. The van der Waals surface area contributed by atoms with Gasteiger partial charge in [-0.2, -0.15) is 0 Å². The number of anilines is 1. The van der Waals surface area contributed by atoms with Crippen molar-refractivity contribution < 1.29 is 9.90 Å². The lowest BCUT2D eigenvalue weighted by atomic mass is 10.1. The van der Waals surface area contributed by atoms with E-state index in [2.05, 4.69) is 5.32 Å². The maximum absolute atomic E-state index is 12.5. The van der Waals surface area contributed by atoms with Crippen molar-refractivity contribution in [3.63, 3.8) is 0 Å². The number of nitrogens with one attached hydrogen (secondary N) is 1. The molecule has 0 spiro atoms. The third kappa shape index (κ3) is 3.23. The van der Waals surface area contributed by atoms with Crippen molar-refractivity contribution in [2.45, 2.75) is 45.1 Å². The Morgan fingerprint density at radius 3 is 2.82 bits per heavy atom. The van der Waals surface area contributed by atoms with Gasteiger partial charge < -0.3 is 10.4 Å². The fourth-order valence-electron chi connectivity index (χ4n) is 2.94. The second-order valence-corrected chi connectivity index (χ2v) is 6.97. The summed E-state index contributed by atoms with van der Waals surface area (Å²) in [4.78, 5) is 14.6. The highest BCUT2D eigenvalue weighted by Crippen LogP contribution is 2.30. The predicted molar refractivity (Wildman–Crippen MR) is 90.6 cm³/mol. The molecule has 22 heavy (non-hydrogen) atoms. The fourth-order valence-corrected chi connectivity index (χ4v) is 4.09. The molecule has 1 aromatic heterocycles. The van der Waals surface area contributed by atoms with E-state index < -0.39 is 6.10 Å². The van der Waals surface area contributed by atoms with Gasteiger partial charge in [0.25, 0.3) is 5.91 Å². The van der Waals surface area contributed by atoms with Crippen molar-refractivity contribution >= 4 is 22.9 Å². The van der Waals surface area contributed by atoms with Gasteiger partial charge in [-0.05, 0) is 50.3 Å². The molecule has 2 aromatic rings. The molecule has 116 valence electrons. The van der Waals surface area contributed by atoms with Gasteiger partial charge in [-0.1, -0.05) is 24.6 Å². The molecular weight excluding hydrogens is 294 g/mol. The van der Waals surface area contributed by atoms with Crippen molar-refractivity contribution in [1.82, 2.24) is 0 Å². The van der Waals surface area contributed by atoms with Crippen LogP contribution in [0.4, 0.5) is 5.69 Å². The fraction of sp³-hybridized carbons (Fsp3) is 0.389. The molecular formula is C18H21NO2S. The molecule has 0 saturated heterocycles. The molecule has 3 nitrogen and oxygen atoms in total. The maximum atomic E-state index is 12.5. The highest BCUT2D eigenvalue weighted by Gasteiger charge is 2.17. The molecule has 1 aromatic carbocycles. The van der Waals surface area contributed by atoms with Crippen LogP contribution in [0, 0.1) is 0 Å². The van der Waals surface area contributed by atoms with Crippen molar-refractivity contribution in [1.29, 1.82) is 0 Å². The number of amides is 1. The zero-order valence-corrected chi connectivity index (χ0v) is 13.6. The van der Waals surface area contributed by atoms with E-state index in [1.54, 1.807) is 18.3 Å². The van der Waals surface area contributed by atoms with Crippen LogP contribution in [0.5, 0.6) is 0 Å². The Labute approximate surface area is 135 Å². The smallest absolute Gasteiger partial charge is 0.265 e. The van der Waals surface area contributed by atoms with Gasteiger partial charge in [-0.3, -0.25) is 4.79 Å². The summed E-state index contributed by atoms with van der Waals surface area (Å²) >= 11 is 1.62. The van der Waals surface area contributed by atoms with E-state index in [-0.39, 0.29) is 5.91 Å². The number of rotatable bonds is 3. The van der Waals surface area contributed by atoms with Crippen LogP contribution in [0.1, 0.15) is 58.0 Å². The van der Waals surface area contributed by atoms with Gasteiger partial charge in [0.05, 0.1) is 11.0 Å². The van der Waals surface area contributed by atoms with Gasteiger partial charge in [0.15, 0.2) is 0 Å². The Kier molecular flexibility index (Phi) is 4.60. The number of carbonyl (C=O) groups excluding carboxylic acids is 1. The lowest BCUT2D eigenvalue weighted by Crippen LogP contribution is -2.12. The molecule has 0 saturated carbocycles.